The van der Waals surface area contributed by atoms with Gasteiger partial charge in [0.1, 0.15) is 12.1 Å². The summed E-state index contributed by atoms with van der Waals surface area (Å²) in [6.45, 7) is 6.50. The van der Waals surface area contributed by atoms with Gasteiger partial charge in [0.05, 0.1) is 24.6 Å². The number of ether oxygens (including phenoxy) is 1. The van der Waals surface area contributed by atoms with Gasteiger partial charge in [0, 0.05) is 44.2 Å². The first-order valence-electron chi connectivity index (χ1n) is 9.64. The van der Waals surface area contributed by atoms with Crippen molar-refractivity contribution in [3.63, 3.8) is 0 Å². The third kappa shape index (κ3) is 3.95. The van der Waals surface area contributed by atoms with Crippen molar-refractivity contribution in [2.24, 2.45) is 0 Å². The van der Waals surface area contributed by atoms with Gasteiger partial charge in [-0.2, -0.15) is 0 Å². The number of anilines is 1. The molecule has 0 radical (unpaired) electrons. The van der Waals surface area contributed by atoms with E-state index in [9.17, 15) is 4.79 Å². The molecule has 0 N–H and O–H groups in total. The SMILES string of the molecule is CCc1cc(C(=O)N2CCC[C@@H](c3cc(N4CCOCC4)ncn3)C2)on1. The van der Waals surface area contributed by atoms with Crippen LogP contribution in [0.2, 0.25) is 0 Å². The zero-order chi connectivity index (χ0) is 18.6. The first-order chi connectivity index (χ1) is 13.2. The number of carbonyl (C=O) groups is 1. The molecule has 2 aromatic heterocycles. The van der Waals surface area contributed by atoms with E-state index in [2.05, 4.69) is 26.1 Å². The van der Waals surface area contributed by atoms with E-state index in [1.807, 2.05) is 11.8 Å². The largest absolute Gasteiger partial charge is 0.378 e. The lowest BCUT2D eigenvalue weighted by atomic mass is 9.94. The molecular formula is C19H25N5O3. The highest BCUT2D eigenvalue weighted by Crippen LogP contribution is 2.28. The quantitative estimate of drug-likeness (QED) is 0.811. The first kappa shape index (κ1) is 17.9. The number of hydrogen-bond acceptors (Lipinski definition) is 7. The lowest BCUT2D eigenvalue weighted by Crippen LogP contribution is -2.39. The maximum absolute atomic E-state index is 12.8. The lowest BCUT2D eigenvalue weighted by Gasteiger charge is -2.32. The number of aromatic nitrogens is 3. The highest BCUT2D eigenvalue weighted by Gasteiger charge is 2.29. The van der Waals surface area contributed by atoms with Crippen molar-refractivity contribution in [2.45, 2.75) is 32.1 Å². The van der Waals surface area contributed by atoms with Crippen LogP contribution in [-0.2, 0) is 11.2 Å². The fraction of sp³-hybridized carbons (Fsp3) is 0.579. The molecule has 0 unspecified atom stereocenters. The Labute approximate surface area is 158 Å². The van der Waals surface area contributed by atoms with Gasteiger partial charge >= 0.3 is 0 Å². The Bertz CT molecular complexity index is 787. The Balaban J connectivity index is 1.47. The molecule has 144 valence electrons. The van der Waals surface area contributed by atoms with Gasteiger partial charge < -0.3 is 19.1 Å². The molecule has 2 aliphatic heterocycles. The second-order valence-electron chi connectivity index (χ2n) is 7.03. The molecule has 8 nitrogen and oxygen atoms in total. The molecule has 2 aromatic rings. The van der Waals surface area contributed by atoms with Crippen molar-refractivity contribution in [1.29, 1.82) is 0 Å². The second kappa shape index (κ2) is 8.04. The fourth-order valence-electron chi connectivity index (χ4n) is 3.69. The van der Waals surface area contributed by atoms with Gasteiger partial charge in [0.2, 0.25) is 5.76 Å². The summed E-state index contributed by atoms with van der Waals surface area (Å²) in [6.07, 6.45) is 4.34. The molecule has 0 aromatic carbocycles. The summed E-state index contributed by atoms with van der Waals surface area (Å²) in [4.78, 5) is 25.8. The van der Waals surface area contributed by atoms with Crippen LogP contribution in [0.5, 0.6) is 0 Å². The first-order valence-corrected chi connectivity index (χ1v) is 9.64. The van der Waals surface area contributed by atoms with Crippen molar-refractivity contribution in [1.82, 2.24) is 20.0 Å². The van der Waals surface area contributed by atoms with E-state index >= 15 is 0 Å². The molecule has 1 amide bonds. The summed E-state index contributed by atoms with van der Waals surface area (Å²) in [7, 11) is 0. The van der Waals surface area contributed by atoms with Crippen molar-refractivity contribution >= 4 is 11.7 Å². The molecule has 0 aliphatic carbocycles. The highest BCUT2D eigenvalue weighted by atomic mass is 16.5. The number of carbonyl (C=O) groups excluding carboxylic acids is 1. The zero-order valence-corrected chi connectivity index (χ0v) is 15.6. The molecule has 0 bridgehead atoms. The van der Waals surface area contributed by atoms with Crippen molar-refractivity contribution in [3.05, 3.63) is 35.6 Å². The van der Waals surface area contributed by atoms with Gasteiger partial charge in [-0.3, -0.25) is 4.79 Å². The summed E-state index contributed by atoms with van der Waals surface area (Å²) in [5.41, 5.74) is 1.80. The van der Waals surface area contributed by atoms with E-state index in [0.29, 0.717) is 12.3 Å². The van der Waals surface area contributed by atoms with E-state index in [1.165, 1.54) is 0 Å². The number of morpholine rings is 1. The Morgan fingerprint density at radius 1 is 1.22 bits per heavy atom. The normalized spacial score (nSPS) is 20.7. The number of nitrogens with zero attached hydrogens (tertiary/aromatic N) is 5. The van der Waals surface area contributed by atoms with E-state index in [4.69, 9.17) is 9.26 Å². The van der Waals surface area contributed by atoms with Gasteiger partial charge in [-0.05, 0) is 19.3 Å². The summed E-state index contributed by atoms with van der Waals surface area (Å²) in [5, 5.41) is 3.93. The summed E-state index contributed by atoms with van der Waals surface area (Å²) in [5.74, 6) is 1.38. The molecule has 2 fully saturated rings. The molecule has 0 spiro atoms. The van der Waals surface area contributed by atoms with Crippen LogP contribution in [0, 0.1) is 0 Å². The lowest BCUT2D eigenvalue weighted by molar-refractivity contribution is 0.0663. The van der Waals surface area contributed by atoms with Crippen molar-refractivity contribution < 1.29 is 14.1 Å². The van der Waals surface area contributed by atoms with E-state index < -0.39 is 0 Å². The van der Waals surface area contributed by atoms with Gasteiger partial charge in [-0.1, -0.05) is 12.1 Å². The molecule has 4 heterocycles. The zero-order valence-electron chi connectivity index (χ0n) is 15.6. The topological polar surface area (TPSA) is 84.6 Å². The standard InChI is InChI=1S/C19H25N5O3/c1-2-15-10-17(27-22-15)19(25)24-5-3-4-14(12-24)16-11-18(21-13-20-16)23-6-8-26-9-7-23/h10-11,13-14H,2-9,12H2,1H3/t14-/m1/s1. The highest BCUT2D eigenvalue weighted by molar-refractivity contribution is 5.91. The molecule has 2 aliphatic rings. The number of likely N-dealkylation sites (tertiary alicyclic amines) is 1. The van der Waals surface area contributed by atoms with Gasteiger partial charge in [-0.15, -0.1) is 0 Å². The smallest absolute Gasteiger partial charge is 0.292 e. The van der Waals surface area contributed by atoms with Crippen molar-refractivity contribution in [3.8, 4) is 0 Å². The Morgan fingerprint density at radius 2 is 2.07 bits per heavy atom. The van der Waals surface area contributed by atoms with Crippen LogP contribution in [-0.4, -0.2) is 65.3 Å². The summed E-state index contributed by atoms with van der Waals surface area (Å²) in [6, 6.07) is 3.81. The third-order valence-electron chi connectivity index (χ3n) is 5.27. The minimum Gasteiger partial charge on any atom is -0.378 e. The van der Waals surface area contributed by atoms with Gasteiger partial charge in [0.15, 0.2) is 0 Å². The Morgan fingerprint density at radius 3 is 2.85 bits per heavy atom. The fourth-order valence-corrected chi connectivity index (χ4v) is 3.69. The molecule has 0 saturated carbocycles. The molecule has 8 heteroatoms. The summed E-state index contributed by atoms with van der Waals surface area (Å²) >= 11 is 0. The Kier molecular flexibility index (Phi) is 5.33. The maximum atomic E-state index is 12.8. The predicted molar refractivity (Wildman–Crippen MR) is 98.8 cm³/mol. The number of hydrogen-bond donors (Lipinski definition) is 0. The monoisotopic (exact) mass is 371 g/mol. The Hall–Kier alpha value is -2.48. The summed E-state index contributed by atoms with van der Waals surface area (Å²) < 4.78 is 10.6. The number of aryl methyl sites for hydroxylation is 1. The van der Waals surface area contributed by atoms with Gasteiger partial charge in [0.25, 0.3) is 5.91 Å². The van der Waals surface area contributed by atoms with Crippen LogP contribution in [0.3, 0.4) is 0 Å². The number of piperidine rings is 1. The average Bonchev–Trinajstić information content (AvgIpc) is 3.23. The maximum Gasteiger partial charge on any atom is 0.292 e. The number of rotatable bonds is 4. The molecule has 4 rings (SSSR count). The second-order valence-corrected chi connectivity index (χ2v) is 7.03. The minimum atomic E-state index is -0.0886. The van der Waals surface area contributed by atoms with E-state index in [-0.39, 0.29) is 11.8 Å². The van der Waals surface area contributed by atoms with Crippen LogP contribution < -0.4 is 4.90 Å². The van der Waals surface area contributed by atoms with E-state index in [1.54, 1.807) is 12.4 Å². The average molecular weight is 371 g/mol. The van der Waals surface area contributed by atoms with Crippen LogP contribution >= 0.6 is 0 Å². The van der Waals surface area contributed by atoms with Crippen LogP contribution in [0.15, 0.2) is 23.0 Å². The van der Waals surface area contributed by atoms with Crippen LogP contribution in [0.4, 0.5) is 5.82 Å². The van der Waals surface area contributed by atoms with Crippen molar-refractivity contribution in [2.75, 3.05) is 44.3 Å². The van der Waals surface area contributed by atoms with Crippen LogP contribution in [0.25, 0.3) is 0 Å². The number of amides is 1. The molecule has 2 saturated heterocycles. The molecule has 27 heavy (non-hydrogen) atoms. The molecule has 1 atom stereocenters. The van der Waals surface area contributed by atoms with Gasteiger partial charge in [-0.25, -0.2) is 9.97 Å². The minimum absolute atomic E-state index is 0.0886. The third-order valence-corrected chi connectivity index (χ3v) is 5.27. The predicted octanol–water partition coefficient (Wildman–Crippen LogP) is 1.88. The van der Waals surface area contributed by atoms with Crippen LogP contribution in [0.1, 0.15) is 47.6 Å². The van der Waals surface area contributed by atoms with E-state index in [0.717, 1.165) is 69.3 Å². The molecular weight excluding hydrogens is 346 g/mol.